The maximum Gasteiger partial charge on any atom is 0.354 e. The molecule has 0 radical (unpaired) electrons. The van der Waals surface area contributed by atoms with Gasteiger partial charge in [0.1, 0.15) is 5.69 Å². The van der Waals surface area contributed by atoms with Gasteiger partial charge in [-0.25, -0.2) is 4.79 Å². The molecule has 7 heteroatoms. The lowest BCUT2D eigenvalue weighted by Gasteiger charge is -2.29. The molecule has 2 rings (SSSR count). The number of methoxy groups -OCH3 is 2. The van der Waals surface area contributed by atoms with Crippen LogP contribution in [-0.4, -0.2) is 60.5 Å². The number of nitrogens with zero attached hydrogens (tertiary/aromatic N) is 2. The molecule has 0 aliphatic carbocycles. The molecule has 7 nitrogen and oxygen atoms in total. The van der Waals surface area contributed by atoms with E-state index in [-0.39, 0.29) is 11.7 Å². The first kappa shape index (κ1) is 23.3. The summed E-state index contributed by atoms with van der Waals surface area (Å²) < 4.78 is 11.6. The topological polar surface area (TPSA) is 77.8 Å². The summed E-state index contributed by atoms with van der Waals surface area (Å²) in [4.78, 5) is 40.4. The number of benzene rings is 1. The average molecular weight is 415 g/mol. The molecule has 1 atom stereocenters. The third kappa shape index (κ3) is 4.62. The highest BCUT2D eigenvalue weighted by molar-refractivity contribution is 6.07. The number of amides is 1. The highest BCUT2D eigenvalue weighted by atomic mass is 16.5. The fraction of sp³-hybridized carbons (Fsp3) is 0.435. The van der Waals surface area contributed by atoms with Crippen molar-refractivity contribution in [2.45, 2.75) is 33.2 Å². The Morgan fingerprint density at radius 1 is 1.10 bits per heavy atom. The van der Waals surface area contributed by atoms with Gasteiger partial charge < -0.3 is 18.9 Å². The average Bonchev–Trinajstić information content (AvgIpc) is 2.98. The van der Waals surface area contributed by atoms with Crippen LogP contribution >= 0.6 is 0 Å². The minimum Gasteiger partial charge on any atom is -0.464 e. The van der Waals surface area contributed by atoms with E-state index in [0.29, 0.717) is 47.7 Å². The van der Waals surface area contributed by atoms with Crippen molar-refractivity contribution >= 4 is 17.7 Å². The van der Waals surface area contributed by atoms with Crippen molar-refractivity contribution in [1.82, 2.24) is 9.47 Å². The monoisotopic (exact) mass is 414 g/mol. The number of aromatic nitrogens is 1. The summed E-state index contributed by atoms with van der Waals surface area (Å²) in [5.74, 6) is -0.924. The van der Waals surface area contributed by atoms with Gasteiger partial charge in [-0.3, -0.25) is 9.59 Å². The Labute approximate surface area is 177 Å². The van der Waals surface area contributed by atoms with E-state index in [9.17, 15) is 14.4 Å². The van der Waals surface area contributed by atoms with Crippen molar-refractivity contribution < 1.29 is 23.9 Å². The lowest BCUT2D eigenvalue weighted by atomic mass is 9.99. The molecule has 0 N–H and O–H groups in total. The molecule has 1 aromatic carbocycles. The summed E-state index contributed by atoms with van der Waals surface area (Å²) in [6, 6.07) is 8.18. The van der Waals surface area contributed by atoms with Crippen molar-refractivity contribution in [2.24, 2.45) is 7.05 Å². The van der Waals surface area contributed by atoms with Crippen LogP contribution in [0.25, 0.3) is 0 Å². The Morgan fingerprint density at radius 3 is 2.30 bits per heavy atom. The van der Waals surface area contributed by atoms with E-state index >= 15 is 0 Å². The van der Waals surface area contributed by atoms with Crippen LogP contribution in [-0.2, 0) is 16.5 Å². The van der Waals surface area contributed by atoms with Crippen LogP contribution in [0.4, 0.5) is 0 Å². The molecule has 0 bridgehead atoms. The molecule has 0 saturated heterocycles. The van der Waals surface area contributed by atoms with Gasteiger partial charge in [-0.2, -0.15) is 0 Å². The van der Waals surface area contributed by atoms with Crippen LogP contribution < -0.4 is 0 Å². The summed E-state index contributed by atoms with van der Waals surface area (Å²) in [7, 11) is 4.63. The zero-order chi connectivity index (χ0) is 22.4. The summed E-state index contributed by atoms with van der Waals surface area (Å²) in [5, 5.41) is 0. The first-order valence-corrected chi connectivity index (χ1v) is 9.89. The molecule has 2 aromatic rings. The smallest absolute Gasteiger partial charge is 0.354 e. The number of hydrogen-bond donors (Lipinski definition) is 0. The number of carbonyl (C=O) groups is 3. The van der Waals surface area contributed by atoms with E-state index in [2.05, 4.69) is 0 Å². The fourth-order valence-corrected chi connectivity index (χ4v) is 3.67. The van der Waals surface area contributed by atoms with E-state index in [1.165, 1.54) is 7.11 Å². The predicted molar refractivity (Wildman–Crippen MR) is 114 cm³/mol. The van der Waals surface area contributed by atoms with Gasteiger partial charge in [-0.1, -0.05) is 18.2 Å². The molecule has 1 amide bonds. The zero-order valence-electron chi connectivity index (χ0n) is 18.5. The Hall–Kier alpha value is -2.93. The first-order chi connectivity index (χ1) is 14.3. The molecule has 162 valence electrons. The SMILES string of the molecule is COCCCN(C(=O)c1ccccc1)C(C)C(=O)c1c(C)c(C(=O)OC)n(C)c1C. The number of carbonyl (C=O) groups excluding carboxylic acids is 3. The van der Waals surface area contributed by atoms with E-state index in [4.69, 9.17) is 9.47 Å². The predicted octanol–water partition coefficient (Wildman–Crippen LogP) is 3.18. The Balaban J connectivity index is 2.42. The highest BCUT2D eigenvalue weighted by Crippen LogP contribution is 2.25. The molecule has 1 aromatic heterocycles. The highest BCUT2D eigenvalue weighted by Gasteiger charge is 2.32. The van der Waals surface area contributed by atoms with Gasteiger partial charge in [0.25, 0.3) is 5.91 Å². The summed E-state index contributed by atoms with van der Waals surface area (Å²) in [5.41, 5.74) is 2.52. The Kier molecular flexibility index (Phi) is 7.94. The van der Waals surface area contributed by atoms with Crippen LogP contribution in [0.3, 0.4) is 0 Å². The van der Waals surface area contributed by atoms with Crippen molar-refractivity contribution in [3.05, 3.63) is 58.4 Å². The molecular formula is C23H30N2O5. The second-order valence-corrected chi connectivity index (χ2v) is 7.24. The second-order valence-electron chi connectivity index (χ2n) is 7.24. The quantitative estimate of drug-likeness (QED) is 0.358. The zero-order valence-corrected chi connectivity index (χ0v) is 18.5. The molecule has 0 fully saturated rings. The Bertz CT molecular complexity index is 917. The molecule has 1 unspecified atom stereocenters. The van der Waals surface area contributed by atoms with Crippen molar-refractivity contribution in [3.63, 3.8) is 0 Å². The molecular weight excluding hydrogens is 384 g/mol. The third-order valence-electron chi connectivity index (χ3n) is 5.43. The third-order valence-corrected chi connectivity index (χ3v) is 5.43. The first-order valence-electron chi connectivity index (χ1n) is 9.89. The number of hydrogen-bond acceptors (Lipinski definition) is 5. The van der Waals surface area contributed by atoms with Gasteiger partial charge in [-0.15, -0.1) is 0 Å². The maximum absolute atomic E-state index is 13.5. The minimum absolute atomic E-state index is 0.211. The van der Waals surface area contributed by atoms with E-state index in [1.807, 2.05) is 6.07 Å². The molecule has 30 heavy (non-hydrogen) atoms. The fourth-order valence-electron chi connectivity index (χ4n) is 3.67. The Morgan fingerprint density at radius 2 is 1.73 bits per heavy atom. The van der Waals surface area contributed by atoms with E-state index in [1.54, 1.807) is 68.7 Å². The van der Waals surface area contributed by atoms with Gasteiger partial charge in [0, 0.05) is 44.1 Å². The van der Waals surface area contributed by atoms with Crippen LogP contribution in [0.5, 0.6) is 0 Å². The number of ether oxygens (including phenoxy) is 2. The summed E-state index contributed by atoms with van der Waals surface area (Å²) >= 11 is 0. The largest absolute Gasteiger partial charge is 0.464 e. The molecule has 0 aliphatic rings. The van der Waals surface area contributed by atoms with Gasteiger partial charge in [-0.05, 0) is 44.9 Å². The normalized spacial score (nSPS) is 11.8. The van der Waals surface area contributed by atoms with Gasteiger partial charge >= 0.3 is 5.97 Å². The number of rotatable bonds is 9. The minimum atomic E-state index is -0.708. The lowest BCUT2D eigenvalue weighted by molar-refractivity contribution is 0.0587. The second kappa shape index (κ2) is 10.2. The standard InChI is InChI=1S/C23H30N2O5/c1-15-19(16(2)24(4)20(15)23(28)30-6)21(26)17(3)25(13-10-14-29-5)22(27)18-11-8-7-9-12-18/h7-9,11-12,17H,10,13-14H2,1-6H3. The van der Waals surface area contributed by atoms with Crippen LogP contribution in [0, 0.1) is 13.8 Å². The van der Waals surface area contributed by atoms with Crippen LogP contribution in [0.15, 0.2) is 30.3 Å². The molecule has 0 saturated carbocycles. The molecule has 0 spiro atoms. The van der Waals surface area contributed by atoms with Crippen molar-refractivity contribution in [1.29, 1.82) is 0 Å². The number of ketones is 1. The van der Waals surface area contributed by atoms with Crippen LogP contribution in [0.1, 0.15) is 55.8 Å². The van der Waals surface area contributed by atoms with E-state index < -0.39 is 12.0 Å². The number of esters is 1. The maximum atomic E-state index is 13.5. The number of Topliss-reactive ketones (excluding diaryl/α,β-unsaturated/α-hetero) is 1. The lowest BCUT2D eigenvalue weighted by Crippen LogP contribution is -2.44. The van der Waals surface area contributed by atoms with E-state index in [0.717, 1.165) is 0 Å². The molecule has 1 heterocycles. The van der Waals surface area contributed by atoms with Gasteiger partial charge in [0.05, 0.1) is 13.2 Å². The molecule has 0 aliphatic heterocycles. The van der Waals surface area contributed by atoms with Gasteiger partial charge in [0.15, 0.2) is 5.78 Å². The summed E-state index contributed by atoms with van der Waals surface area (Å²) in [6.07, 6.45) is 0.604. The van der Waals surface area contributed by atoms with Gasteiger partial charge in [0.2, 0.25) is 0 Å². The van der Waals surface area contributed by atoms with Crippen LogP contribution in [0.2, 0.25) is 0 Å². The van der Waals surface area contributed by atoms with Crippen molar-refractivity contribution in [3.8, 4) is 0 Å². The van der Waals surface area contributed by atoms with Crippen molar-refractivity contribution in [2.75, 3.05) is 27.4 Å². The summed E-state index contributed by atoms with van der Waals surface area (Å²) in [6.45, 7) is 6.10.